The van der Waals surface area contributed by atoms with Crippen molar-refractivity contribution >= 4 is 5.69 Å². The van der Waals surface area contributed by atoms with Crippen molar-refractivity contribution in [3.63, 3.8) is 0 Å². The van der Waals surface area contributed by atoms with E-state index in [2.05, 4.69) is 5.10 Å². The Balaban J connectivity index is 1.97. The second kappa shape index (κ2) is 9.26. The monoisotopic (exact) mass is 489 g/mol. The summed E-state index contributed by atoms with van der Waals surface area (Å²) >= 11 is 0. The molecule has 1 aliphatic heterocycles. The number of methoxy groups -OCH3 is 2. The Morgan fingerprint density at radius 3 is 2.23 bits per heavy atom. The fourth-order valence-corrected chi connectivity index (χ4v) is 4.21. The van der Waals surface area contributed by atoms with E-state index in [0.29, 0.717) is 53.5 Å². The number of hydrogen-bond donors (Lipinski definition) is 1. The van der Waals surface area contributed by atoms with E-state index >= 15 is 0 Å². The molecule has 1 aromatic heterocycles. The summed E-state index contributed by atoms with van der Waals surface area (Å²) in [6, 6.07) is 8.63. The van der Waals surface area contributed by atoms with Crippen LogP contribution in [0.2, 0.25) is 0 Å². The molecule has 2 aromatic carbocycles. The Labute approximate surface area is 200 Å². The number of nitrogens with zero attached hydrogens (tertiary/aromatic N) is 3. The van der Waals surface area contributed by atoms with E-state index in [1.54, 1.807) is 36.9 Å². The summed E-state index contributed by atoms with van der Waals surface area (Å²) in [5, 5.41) is 14.3. The van der Waals surface area contributed by atoms with Gasteiger partial charge >= 0.3 is 6.18 Å². The van der Waals surface area contributed by atoms with Gasteiger partial charge in [-0.05, 0) is 56.2 Å². The summed E-state index contributed by atoms with van der Waals surface area (Å²) in [6.07, 6.45) is -4.75. The van der Waals surface area contributed by atoms with Crippen molar-refractivity contribution in [3.05, 3.63) is 63.4 Å². The number of ether oxygens (including phenoxy) is 2. The van der Waals surface area contributed by atoms with E-state index in [9.17, 15) is 23.1 Å². The molecule has 2 heterocycles. The van der Waals surface area contributed by atoms with Crippen LogP contribution in [0.1, 0.15) is 23.1 Å². The van der Waals surface area contributed by atoms with Crippen LogP contribution in [0.4, 0.5) is 18.9 Å². The molecule has 1 N–H and O–H groups in total. The van der Waals surface area contributed by atoms with Crippen LogP contribution in [0.5, 0.6) is 11.5 Å². The van der Waals surface area contributed by atoms with Crippen LogP contribution in [0.15, 0.2) is 41.2 Å². The molecule has 0 aliphatic carbocycles. The van der Waals surface area contributed by atoms with Gasteiger partial charge in [0.2, 0.25) is 0 Å². The van der Waals surface area contributed by atoms with Gasteiger partial charge in [0.1, 0.15) is 11.5 Å². The lowest BCUT2D eigenvalue weighted by Gasteiger charge is -2.22. The first-order chi connectivity index (χ1) is 16.5. The third kappa shape index (κ3) is 4.70. The molecule has 10 heteroatoms. The van der Waals surface area contributed by atoms with Crippen LogP contribution in [0.3, 0.4) is 0 Å². The van der Waals surface area contributed by atoms with E-state index in [0.717, 1.165) is 10.7 Å². The molecule has 4 rings (SSSR count). The molecule has 0 bridgehead atoms. The van der Waals surface area contributed by atoms with Crippen LogP contribution < -0.4 is 19.9 Å². The fraction of sp³-hybridized carbons (Fsp3) is 0.360. The summed E-state index contributed by atoms with van der Waals surface area (Å²) in [5.41, 5.74) is 0.137. The first-order valence-electron chi connectivity index (χ1n) is 11.0. The maximum atomic E-state index is 14.0. The minimum absolute atomic E-state index is 0.270. The molecule has 1 atom stereocenters. The summed E-state index contributed by atoms with van der Waals surface area (Å²) in [6.45, 7) is 4.05. The molecule has 0 spiro atoms. The molecule has 186 valence electrons. The lowest BCUT2D eigenvalue weighted by atomic mass is 10.0. The molecule has 1 fully saturated rings. The Morgan fingerprint density at radius 2 is 1.69 bits per heavy atom. The van der Waals surface area contributed by atoms with Gasteiger partial charge in [0.25, 0.3) is 5.56 Å². The van der Waals surface area contributed by atoms with E-state index in [1.165, 1.54) is 26.4 Å². The van der Waals surface area contributed by atoms with Crippen LogP contribution in [-0.2, 0) is 6.18 Å². The number of halogens is 3. The molecule has 1 aliphatic rings. The third-order valence-electron chi connectivity index (χ3n) is 6.30. The highest BCUT2D eigenvalue weighted by Crippen LogP contribution is 2.37. The van der Waals surface area contributed by atoms with Crippen LogP contribution >= 0.6 is 0 Å². The minimum atomic E-state index is -4.71. The molecule has 7 nitrogen and oxygen atoms in total. The van der Waals surface area contributed by atoms with Crippen molar-refractivity contribution in [2.45, 2.75) is 32.5 Å². The van der Waals surface area contributed by atoms with E-state index in [4.69, 9.17) is 9.47 Å². The fourth-order valence-electron chi connectivity index (χ4n) is 4.21. The highest BCUT2D eigenvalue weighted by atomic mass is 19.4. The summed E-state index contributed by atoms with van der Waals surface area (Å²) in [5.74, 6) is 0.947. The van der Waals surface area contributed by atoms with E-state index in [1.807, 2.05) is 0 Å². The van der Waals surface area contributed by atoms with Gasteiger partial charge in [0, 0.05) is 36.0 Å². The number of anilines is 1. The minimum Gasteiger partial charge on any atom is -0.497 e. The molecule has 3 aromatic rings. The van der Waals surface area contributed by atoms with Crippen LogP contribution in [0.25, 0.3) is 16.9 Å². The predicted molar refractivity (Wildman–Crippen MR) is 126 cm³/mol. The Hall–Kier alpha value is -3.53. The van der Waals surface area contributed by atoms with Crippen molar-refractivity contribution in [1.82, 2.24) is 9.78 Å². The van der Waals surface area contributed by atoms with E-state index in [-0.39, 0.29) is 11.3 Å². The van der Waals surface area contributed by atoms with Crippen LogP contribution in [-0.4, -0.2) is 48.3 Å². The lowest BCUT2D eigenvalue weighted by Crippen LogP contribution is -2.28. The SMILES string of the molecule is COc1cc(OC)cc(-c2nn(-c3cc(N4CCC(O)C4)ccc3C(F)(F)F)c(=O)c(C)c2C)c1. The lowest BCUT2D eigenvalue weighted by molar-refractivity contribution is -0.137. The topological polar surface area (TPSA) is 76.8 Å². The van der Waals surface area contributed by atoms with Gasteiger partial charge in [0.15, 0.2) is 0 Å². The molecule has 1 saturated heterocycles. The maximum Gasteiger partial charge on any atom is 0.418 e. The summed E-state index contributed by atoms with van der Waals surface area (Å²) in [7, 11) is 2.98. The number of rotatable bonds is 5. The average Bonchev–Trinajstić information content (AvgIpc) is 3.27. The molecular weight excluding hydrogens is 463 g/mol. The van der Waals surface area contributed by atoms with Gasteiger partial charge in [0.05, 0.1) is 37.3 Å². The number of benzene rings is 2. The van der Waals surface area contributed by atoms with Gasteiger partial charge in [-0.1, -0.05) is 0 Å². The predicted octanol–water partition coefficient (Wildman–Crippen LogP) is 4.12. The second-order valence-corrected chi connectivity index (χ2v) is 8.50. The zero-order chi connectivity index (χ0) is 25.5. The highest BCUT2D eigenvalue weighted by Gasteiger charge is 2.36. The molecule has 0 amide bonds. The normalized spacial score (nSPS) is 16.0. The smallest absolute Gasteiger partial charge is 0.418 e. The zero-order valence-electron chi connectivity index (χ0n) is 19.8. The maximum absolute atomic E-state index is 14.0. The van der Waals surface area contributed by atoms with Gasteiger partial charge in [-0.15, -0.1) is 0 Å². The second-order valence-electron chi connectivity index (χ2n) is 8.50. The van der Waals surface area contributed by atoms with Crippen molar-refractivity contribution in [1.29, 1.82) is 0 Å². The number of β-amino-alcohol motifs (C(OH)–C–C–N with tert-alkyl or cyclic N) is 1. The largest absolute Gasteiger partial charge is 0.497 e. The van der Waals surface area contributed by atoms with Gasteiger partial charge < -0.3 is 19.5 Å². The van der Waals surface area contributed by atoms with Crippen molar-refractivity contribution in [2.75, 3.05) is 32.2 Å². The molecule has 0 radical (unpaired) electrons. The highest BCUT2D eigenvalue weighted by molar-refractivity contribution is 5.68. The molecule has 1 unspecified atom stereocenters. The number of aromatic nitrogens is 2. The van der Waals surface area contributed by atoms with Gasteiger partial charge in [-0.3, -0.25) is 4.79 Å². The quantitative estimate of drug-likeness (QED) is 0.581. The standard InChI is InChI=1S/C25H26F3N3O4/c1-14-15(2)24(33)31(29-23(14)16-9-19(34-3)12-20(10-16)35-4)22-11-17(30-8-7-18(32)13-30)5-6-21(22)25(26,27)28/h5-6,9-12,18,32H,7-8,13H2,1-4H3. The van der Waals surface area contributed by atoms with Crippen molar-refractivity contribution in [3.8, 4) is 28.4 Å². The summed E-state index contributed by atoms with van der Waals surface area (Å²) < 4.78 is 53.5. The zero-order valence-corrected chi connectivity index (χ0v) is 19.8. The van der Waals surface area contributed by atoms with Crippen LogP contribution in [0, 0.1) is 13.8 Å². The van der Waals surface area contributed by atoms with Crippen molar-refractivity contribution in [2.24, 2.45) is 0 Å². The molecular formula is C25H26F3N3O4. The van der Waals surface area contributed by atoms with Gasteiger partial charge in [-0.2, -0.15) is 23.0 Å². The Bertz CT molecular complexity index is 1300. The third-order valence-corrected chi connectivity index (χ3v) is 6.30. The number of aliphatic hydroxyl groups excluding tert-OH is 1. The summed E-state index contributed by atoms with van der Waals surface area (Å²) in [4.78, 5) is 15.0. The van der Waals surface area contributed by atoms with Gasteiger partial charge in [-0.25, -0.2) is 0 Å². The first kappa shape index (κ1) is 24.6. The van der Waals surface area contributed by atoms with Crippen molar-refractivity contribution < 1.29 is 27.8 Å². The Morgan fingerprint density at radius 1 is 1.03 bits per heavy atom. The number of alkyl halides is 3. The average molecular weight is 489 g/mol. The molecule has 0 saturated carbocycles. The number of aliphatic hydroxyl groups is 1. The first-order valence-corrected chi connectivity index (χ1v) is 11.0. The number of hydrogen-bond acceptors (Lipinski definition) is 6. The molecule has 35 heavy (non-hydrogen) atoms. The van der Waals surface area contributed by atoms with E-state index < -0.39 is 23.4 Å². The Kier molecular flexibility index (Phi) is 6.50.